The highest BCUT2D eigenvalue weighted by atomic mass is 32.2. The second-order valence-corrected chi connectivity index (χ2v) is 3.63. The van der Waals surface area contributed by atoms with Gasteiger partial charge >= 0.3 is 0 Å². The Morgan fingerprint density at radius 3 is 2.83 bits per heavy atom. The van der Waals surface area contributed by atoms with Gasteiger partial charge in [0.05, 0.1) is 0 Å². The summed E-state index contributed by atoms with van der Waals surface area (Å²) in [5, 5.41) is 0.786. The average Bonchev–Trinajstić information content (AvgIpc) is 1.99. The third-order valence-corrected chi connectivity index (χ3v) is 2.34. The molecule has 0 saturated carbocycles. The van der Waals surface area contributed by atoms with Crippen molar-refractivity contribution in [2.24, 2.45) is 0 Å². The first-order chi connectivity index (χ1) is 5.72. The van der Waals surface area contributed by atoms with Gasteiger partial charge in [-0.15, -0.1) is 0 Å². The van der Waals surface area contributed by atoms with Crippen molar-refractivity contribution in [3.05, 3.63) is 11.8 Å². The number of rotatable bonds is 3. The third-order valence-electron chi connectivity index (χ3n) is 1.29. The molecule has 0 aliphatic rings. The first kappa shape index (κ1) is 9.32. The summed E-state index contributed by atoms with van der Waals surface area (Å²) < 4.78 is 0. The van der Waals surface area contributed by atoms with Crippen molar-refractivity contribution < 1.29 is 0 Å². The van der Waals surface area contributed by atoms with Gasteiger partial charge in [0.25, 0.3) is 0 Å². The van der Waals surface area contributed by atoms with E-state index in [2.05, 4.69) is 16.9 Å². The van der Waals surface area contributed by atoms with Gasteiger partial charge in [0, 0.05) is 17.5 Å². The van der Waals surface area contributed by atoms with Crippen LogP contribution in [0.3, 0.4) is 0 Å². The number of aryl methyl sites for hydroxylation is 1. The molecule has 1 aromatic heterocycles. The number of thioether (sulfide) groups is 1. The number of anilines is 1. The van der Waals surface area contributed by atoms with Crippen LogP contribution in [0.4, 0.5) is 5.82 Å². The lowest BCUT2D eigenvalue weighted by Crippen LogP contribution is -1.96. The molecule has 1 heterocycles. The molecule has 0 fully saturated rings. The molecule has 3 nitrogen and oxygen atoms in total. The molecule has 0 spiro atoms. The summed E-state index contributed by atoms with van der Waals surface area (Å²) >= 11 is 1.65. The third kappa shape index (κ3) is 2.70. The predicted molar refractivity (Wildman–Crippen MR) is 52.2 cm³/mol. The van der Waals surface area contributed by atoms with Crippen LogP contribution < -0.4 is 5.73 Å². The van der Waals surface area contributed by atoms with Crippen molar-refractivity contribution in [1.82, 2.24) is 9.97 Å². The van der Waals surface area contributed by atoms with E-state index in [1.54, 1.807) is 17.8 Å². The molecule has 4 heteroatoms. The fraction of sp³-hybridized carbons (Fsp3) is 0.500. The molecule has 0 saturated heterocycles. The van der Waals surface area contributed by atoms with Crippen LogP contribution in [0.25, 0.3) is 0 Å². The Kier molecular flexibility index (Phi) is 3.34. The van der Waals surface area contributed by atoms with Gasteiger partial charge in [-0.05, 0) is 13.3 Å². The monoisotopic (exact) mass is 183 g/mol. The smallest absolute Gasteiger partial charge is 0.189 e. The standard InChI is InChI=1S/C8H13N3S/c1-3-4-12-8-10-6(2)5-7(9)11-8/h5H,3-4H2,1-2H3,(H2,9,10,11). The SMILES string of the molecule is CCCSc1nc(C)cc(N)n1. The number of nitrogens with zero attached hydrogens (tertiary/aromatic N) is 2. The van der Waals surface area contributed by atoms with Crippen molar-refractivity contribution in [3.8, 4) is 0 Å². The van der Waals surface area contributed by atoms with Crippen molar-refractivity contribution in [2.75, 3.05) is 11.5 Å². The Bertz CT molecular complexity index is 242. The molecular weight excluding hydrogens is 170 g/mol. The maximum Gasteiger partial charge on any atom is 0.189 e. The Morgan fingerprint density at radius 1 is 1.50 bits per heavy atom. The van der Waals surface area contributed by atoms with E-state index in [1.165, 1.54) is 0 Å². The molecule has 66 valence electrons. The topological polar surface area (TPSA) is 51.8 Å². The minimum absolute atomic E-state index is 0.557. The van der Waals surface area contributed by atoms with Crippen molar-refractivity contribution in [1.29, 1.82) is 0 Å². The quantitative estimate of drug-likeness (QED) is 0.574. The number of nitrogen functional groups attached to an aromatic ring is 1. The normalized spacial score (nSPS) is 10.2. The van der Waals surface area contributed by atoms with Crippen molar-refractivity contribution >= 4 is 17.6 Å². The van der Waals surface area contributed by atoms with Crippen LogP contribution in [0.2, 0.25) is 0 Å². The molecular formula is C8H13N3S. The number of nitrogens with two attached hydrogens (primary N) is 1. The van der Waals surface area contributed by atoms with Crippen LogP contribution in [0.15, 0.2) is 11.2 Å². The minimum atomic E-state index is 0.557. The summed E-state index contributed by atoms with van der Waals surface area (Å²) in [5.74, 6) is 1.60. The maximum absolute atomic E-state index is 5.57. The molecule has 0 radical (unpaired) electrons. The van der Waals surface area contributed by atoms with E-state index >= 15 is 0 Å². The van der Waals surface area contributed by atoms with Gasteiger partial charge in [-0.3, -0.25) is 0 Å². The van der Waals surface area contributed by atoms with Crippen LogP contribution in [0.5, 0.6) is 0 Å². The van der Waals surface area contributed by atoms with Crippen LogP contribution in [-0.4, -0.2) is 15.7 Å². The van der Waals surface area contributed by atoms with Crippen molar-refractivity contribution in [3.63, 3.8) is 0 Å². The number of hydrogen-bond donors (Lipinski definition) is 1. The molecule has 2 N–H and O–H groups in total. The molecule has 0 aliphatic carbocycles. The van der Waals surface area contributed by atoms with E-state index in [9.17, 15) is 0 Å². The largest absolute Gasteiger partial charge is 0.384 e. The van der Waals surface area contributed by atoms with Gasteiger partial charge in [-0.2, -0.15) is 0 Å². The zero-order valence-corrected chi connectivity index (χ0v) is 8.19. The highest BCUT2D eigenvalue weighted by molar-refractivity contribution is 7.99. The second-order valence-electron chi connectivity index (χ2n) is 2.57. The van der Waals surface area contributed by atoms with Gasteiger partial charge in [0.15, 0.2) is 5.16 Å². The lowest BCUT2D eigenvalue weighted by molar-refractivity contribution is 0.937. The van der Waals surface area contributed by atoms with Crippen LogP contribution in [0, 0.1) is 6.92 Å². The Hall–Kier alpha value is -0.770. The molecule has 1 rings (SSSR count). The fourth-order valence-corrected chi connectivity index (χ4v) is 1.59. The van der Waals surface area contributed by atoms with E-state index in [4.69, 9.17) is 5.73 Å². The summed E-state index contributed by atoms with van der Waals surface area (Å²) in [4.78, 5) is 8.34. The lowest BCUT2D eigenvalue weighted by Gasteiger charge is -2.00. The van der Waals surface area contributed by atoms with Crippen molar-refractivity contribution in [2.45, 2.75) is 25.4 Å². The zero-order chi connectivity index (χ0) is 8.97. The Balaban J connectivity index is 2.72. The van der Waals surface area contributed by atoms with Gasteiger partial charge in [-0.25, -0.2) is 9.97 Å². The predicted octanol–water partition coefficient (Wildman–Crippen LogP) is 1.87. The molecule has 0 amide bonds. The summed E-state index contributed by atoms with van der Waals surface area (Å²) in [6.07, 6.45) is 1.13. The minimum Gasteiger partial charge on any atom is -0.384 e. The van der Waals surface area contributed by atoms with E-state index in [-0.39, 0.29) is 0 Å². The highest BCUT2D eigenvalue weighted by Gasteiger charge is 1.98. The Labute approximate surface area is 76.8 Å². The fourth-order valence-electron chi connectivity index (χ4n) is 0.823. The molecule has 0 unspecified atom stereocenters. The second kappa shape index (κ2) is 4.30. The molecule has 12 heavy (non-hydrogen) atoms. The molecule has 0 bridgehead atoms. The summed E-state index contributed by atoms with van der Waals surface area (Å²) in [6.45, 7) is 4.06. The Morgan fingerprint density at radius 2 is 2.25 bits per heavy atom. The summed E-state index contributed by atoms with van der Waals surface area (Å²) in [6, 6.07) is 1.77. The van der Waals surface area contributed by atoms with E-state index < -0.39 is 0 Å². The maximum atomic E-state index is 5.57. The zero-order valence-electron chi connectivity index (χ0n) is 7.37. The molecule has 0 aliphatic heterocycles. The summed E-state index contributed by atoms with van der Waals surface area (Å²) in [5.41, 5.74) is 6.50. The van der Waals surface area contributed by atoms with Crippen LogP contribution in [0.1, 0.15) is 19.0 Å². The summed E-state index contributed by atoms with van der Waals surface area (Å²) in [7, 11) is 0. The van der Waals surface area contributed by atoms with Gasteiger partial charge < -0.3 is 5.73 Å². The van der Waals surface area contributed by atoms with Gasteiger partial charge in [0.1, 0.15) is 5.82 Å². The molecule has 1 aromatic rings. The van der Waals surface area contributed by atoms with E-state index in [1.807, 2.05) is 6.92 Å². The van der Waals surface area contributed by atoms with E-state index in [0.717, 1.165) is 23.0 Å². The molecule has 0 atom stereocenters. The van der Waals surface area contributed by atoms with Gasteiger partial charge in [0.2, 0.25) is 0 Å². The lowest BCUT2D eigenvalue weighted by atomic mass is 10.4. The number of hydrogen-bond acceptors (Lipinski definition) is 4. The highest BCUT2D eigenvalue weighted by Crippen LogP contribution is 2.15. The first-order valence-corrected chi connectivity index (χ1v) is 4.95. The van der Waals surface area contributed by atoms with Gasteiger partial charge in [-0.1, -0.05) is 18.7 Å². The number of aromatic nitrogens is 2. The van der Waals surface area contributed by atoms with Crippen LogP contribution >= 0.6 is 11.8 Å². The first-order valence-electron chi connectivity index (χ1n) is 3.96. The average molecular weight is 183 g/mol. The molecule has 0 aromatic carbocycles. The van der Waals surface area contributed by atoms with Crippen LogP contribution in [-0.2, 0) is 0 Å². The van der Waals surface area contributed by atoms with E-state index in [0.29, 0.717) is 5.82 Å².